The minimum absolute atomic E-state index is 0.0338. The summed E-state index contributed by atoms with van der Waals surface area (Å²) in [4.78, 5) is 24.5. The Hall–Kier alpha value is -3.60. The molecule has 1 aliphatic carbocycles. The van der Waals surface area contributed by atoms with Crippen LogP contribution in [0.4, 0.5) is 30.4 Å². The topological polar surface area (TPSA) is 105 Å². The number of hydrogen-bond donors (Lipinski definition) is 3. The number of nitrogens with zero attached hydrogens (tertiary/aromatic N) is 3. The Morgan fingerprint density at radius 3 is 2.51 bits per heavy atom. The number of anilines is 3. The fraction of sp³-hybridized carbons (Fsp3) is 0.464. The molecule has 0 radical (unpaired) electrons. The summed E-state index contributed by atoms with van der Waals surface area (Å²) >= 11 is 0. The highest BCUT2D eigenvalue weighted by Crippen LogP contribution is 2.35. The summed E-state index contributed by atoms with van der Waals surface area (Å²) in [6, 6.07) is 6.94. The first-order valence-electron chi connectivity index (χ1n) is 13.3. The van der Waals surface area contributed by atoms with Crippen LogP contribution in [0.25, 0.3) is 10.9 Å². The summed E-state index contributed by atoms with van der Waals surface area (Å²) in [6.45, 7) is 5.54. The first-order valence-corrected chi connectivity index (χ1v) is 13.3. The Labute approximate surface area is 225 Å². The van der Waals surface area contributed by atoms with Crippen molar-refractivity contribution in [3.63, 3.8) is 0 Å². The molecule has 8 nitrogen and oxygen atoms in total. The number of nitrogen functional groups attached to an aromatic ring is 1. The van der Waals surface area contributed by atoms with Crippen LogP contribution in [0.15, 0.2) is 30.3 Å². The lowest BCUT2D eigenvalue weighted by Gasteiger charge is -2.28. The van der Waals surface area contributed by atoms with Gasteiger partial charge in [0.25, 0.3) is 5.91 Å². The number of aromatic nitrogens is 2. The molecule has 208 valence electrons. The first-order chi connectivity index (χ1) is 18.6. The number of fused-ring (bicyclic) bond motifs is 1. The molecule has 1 atom stereocenters. The van der Waals surface area contributed by atoms with Gasteiger partial charge < -0.3 is 26.0 Å². The molecular formula is C28H33F3N6O2. The maximum Gasteiger partial charge on any atom is 0.416 e. The van der Waals surface area contributed by atoms with Crippen LogP contribution in [0.1, 0.15) is 66.0 Å². The van der Waals surface area contributed by atoms with E-state index >= 15 is 0 Å². The number of ether oxygens (including phenoxy) is 1. The Balaban J connectivity index is 1.54. The van der Waals surface area contributed by atoms with E-state index in [2.05, 4.69) is 20.6 Å². The van der Waals surface area contributed by atoms with E-state index in [9.17, 15) is 18.0 Å². The fourth-order valence-corrected chi connectivity index (χ4v) is 5.30. The molecule has 0 spiro atoms. The van der Waals surface area contributed by atoms with E-state index in [1.54, 1.807) is 24.8 Å². The SMILES string of the molecule is Cc1nc(NC(C)c2cc(N)cc(C(F)(F)F)c2)c2cc(NC3CCCC3)c(C(=O)N3CCOCC3)cc2n1. The highest BCUT2D eigenvalue weighted by molar-refractivity contribution is 6.05. The molecule has 1 aromatic heterocycles. The molecule has 2 heterocycles. The number of morpholine rings is 1. The number of amides is 1. The second kappa shape index (κ2) is 10.9. The molecule has 3 aromatic rings. The predicted molar refractivity (Wildman–Crippen MR) is 145 cm³/mol. The van der Waals surface area contributed by atoms with Crippen molar-refractivity contribution in [2.75, 3.05) is 42.7 Å². The van der Waals surface area contributed by atoms with Crippen molar-refractivity contribution >= 4 is 34.0 Å². The number of nitrogens with two attached hydrogens (primary N) is 1. The van der Waals surface area contributed by atoms with Gasteiger partial charge in [-0.25, -0.2) is 9.97 Å². The van der Waals surface area contributed by atoms with Gasteiger partial charge in [0.1, 0.15) is 11.6 Å². The first kappa shape index (κ1) is 27.0. The van der Waals surface area contributed by atoms with Crippen LogP contribution in [0.5, 0.6) is 0 Å². The quantitative estimate of drug-likeness (QED) is 0.351. The number of rotatable bonds is 6. The van der Waals surface area contributed by atoms with E-state index in [1.165, 1.54) is 6.07 Å². The van der Waals surface area contributed by atoms with Crippen LogP contribution in [-0.2, 0) is 10.9 Å². The van der Waals surface area contributed by atoms with Gasteiger partial charge in [-0.05, 0) is 62.6 Å². The van der Waals surface area contributed by atoms with Crippen LogP contribution >= 0.6 is 0 Å². The number of nitrogens with one attached hydrogen (secondary N) is 2. The maximum atomic E-state index is 13.6. The number of alkyl halides is 3. The zero-order valence-corrected chi connectivity index (χ0v) is 22.1. The number of benzene rings is 2. The number of halogens is 3. The summed E-state index contributed by atoms with van der Waals surface area (Å²) in [5, 5.41) is 7.52. The lowest BCUT2D eigenvalue weighted by atomic mass is 10.0. The maximum absolute atomic E-state index is 13.6. The Bertz CT molecular complexity index is 1370. The van der Waals surface area contributed by atoms with Crippen LogP contribution in [0, 0.1) is 6.92 Å². The van der Waals surface area contributed by atoms with Gasteiger partial charge in [0.2, 0.25) is 0 Å². The van der Waals surface area contributed by atoms with Crippen molar-refractivity contribution in [2.24, 2.45) is 0 Å². The zero-order valence-electron chi connectivity index (χ0n) is 22.1. The van der Waals surface area contributed by atoms with Crippen LogP contribution in [0.2, 0.25) is 0 Å². The Kier molecular flexibility index (Phi) is 7.53. The van der Waals surface area contributed by atoms with Gasteiger partial charge in [-0.1, -0.05) is 12.8 Å². The molecule has 11 heteroatoms. The van der Waals surface area contributed by atoms with E-state index < -0.39 is 17.8 Å². The zero-order chi connectivity index (χ0) is 27.7. The molecular weight excluding hydrogens is 509 g/mol. The Morgan fingerprint density at radius 1 is 1.10 bits per heavy atom. The van der Waals surface area contributed by atoms with E-state index in [0.29, 0.717) is 65.7 Å². The van der Waals surface area contributed by atoms with Crippen LogP contribution in [0.3, 0.4) is 0 Å². The van der Waals surface area contributed by atoms with E-state index in [1.807, 2.05) is 6.07 Å². The predicted octanol–water partition coefficient (Wildman–Crippen LogP) is 5.54. The number of aryl methyl sites for hydroxylation is 1. The fourth-order valence-electron chi connectivity index (χ4n) is 5.30. The molecule has 1 saturated carbocycles. The van der Waals surface area contributed by atoms with Crippen LogP contribution in [-0.4, -0.2) is 53.1 Å². The van der Waals surface area contributed by atoms with E-state index in [4.69, 9.17) is 10.5 Å². The summed E-state index contributed by atoms with van der Waals surface area (Å²) in [6.07, 6.45) is -0.207. The molecule has 2 aliphatic rings. The molecule has 2 fully saturated rings. The summed E-state index contributed by atoms with van der Waals surface area (Å²) < 4.78 is 45.6. The number of hydrogen-bond acceptors (Lipinski definition) is 7. The largest absolute Gasteiger partial charge is 0.416 e. The average molecular weight is 543 g/mol. The second-order valence-corrected chi connectivity index (χ2v) is 10.3. The van der Waals surface area contributed by atoms with Gasteiger partial charge in [0.15, 0.2) is 0 Å². The second-order valence-electron chi connectivity index (χ2n) is 10.3. The minimum Gasteiger partial charge on any atom is -0.399 e. The highest BCUT2D eigenvalue weighted by atomic mass is 19.4. The van der Waals surface area contributed by atoms with Crippen molar-refractivity contribution in [3.8, 4) is 0 Å². The summed E-state index contributed by atoms with van der Waals surface area (Å²) in [7, 11) is 0. The monoisotopic (exact) mass is 542 g/mol. The number of carbonyl (C=O) groups is 1. The van der Waals surface area contributed by atoms with Crippen molar-refractivity contribution in [3.05, 3.63) is 52.8 Å². The van der Waals surface area contributed by atoms with Crippen LogP contribution < -0.4 is 16.4 Å². The normalized spacial score (nSPS) is 17.4. The molecule has 0 bridgehead atoms. The standard InChI is InChI=1S/C28H33F3N6O2/c1-16(18-11-19(28(29,30)31)13-20(32)12-18)33-26-22-14-25(36-21-5-3-4-6-21)23(15-24(22)34-17(2)35-26)27(38)37-7-9-39-10-8-37/h11-16,21,36H,3-10,32H2,1-2H3,(H,33,34,35). The lowest BCUT2D eigenvalue weighted by molar-refractivity contribution is -0.137. The summed E-state index contributed by atoms with van der Waals surface area (Å²) in [5.41, 5.74) is 7.24. The van der Waals surface area contributed by atoms with Gasteiger partial charge in [-0.3, -0.25) is 4.79 Å². The third-order valence-electron chi connectivity index (χ3n) is 7.35. The van der Waals surface area contributed by atoms with Gasteiger partial charge >= 0.3 is 6.18 Å². The van der Waals surface area contributed by atoms with Gasteiger partial charge in [0.05, 0.1) is 35.9 Å². The lowest BCUT2D eigenvalue weighted by Crippen LogP contribution is -2.41. The Morgan fingerprint density at radius 2 is 1.82 bits per heavy atom. The molecule has 2 aromatic carbocycles. The molecule has 5 rings (SSSR count). The smallest absolute Gasteiger partial charge is 0.399 e. The molecule has 1 aliphatic heterocycles. The van der Waals surface area contributed by atoms with Crippen molar-refractivity contribution < 1.29 is 22.7 Å². The van der Waals surface area contributed by atoms with Gasteiger partial charge in [-0.2, -0.15) is 13.2 Å². The third kappa shape index (κ3) is 6.03. The minimum atomic E-state index is -4.51. The van der Waals surface area contributed by atoms with E-state index in [0.717, 1.165) is 37.8 Å². The van der Waals surface area contributed by atoms with Crippen molar-refractivity contribution in [1.29, 1.82) is 0 Å². The summed E-state index contributed by atoms with van der Waals surface area (Å²) in [5.74, 6) is 0.863. The van der Waals surface area contributed by atoms with Crippen molar-refractivity contribution in [1.82, 2.24) is 14.9 Å². The molecule has 39 heavy (non-hydrogen) atoms. The number of carbonyl (C=O) groups excluding carboxylic acids is 1. The molecule has 1 amide bonds. The van der Waals surface area contributed by atoms with Crippen molar-refractivity contribution in [2.45, 2.75) is 57.8 Å². The molecule has 1 unspecified atom stereocenters. The third-order valence-corrected chi connectivity index (χ3v) is 7.35. The molecule has 1 saturated heterocycles. The van der Waals surface area contributed by atoms with Gasteiger partial charge in [0, 0.05) is 35.9 Å². The highest BCUT2D eigenvalue weighted by Gasteiger charge is 2.31. The van der Waals surface area contributed by atoms with E-state index in [-0.39, 0.29) is 17.6 Å². The average Bonchev–Trinajstić information content (AvgIpc) is 3.41. The molecule has 4 N–H and O–H groups in total. The van der Waals surface area contributed by atoms with Gasteiger partial charge in [-0.15, -0.1) is 0 Å².